The number of nitrogens with one attached hydrogen (secondary N) is 2. The van der Waals surface area contributed by atoms with E-state index < -0.39 is 0 Å². The molecule has 1 saturated heterocycles. The zero-order valence-corrected chi connectivity index (χ0v) is 21.7. The van der Waals surface area contributed by atoms with Crippen molar-refractivity contribution in [3.63, 3.8) is 0 Å². The number of carbonyl (C=O) groups excluding carboxylic acids is 2. The molecule has 8 nitrogen and oxygen atoms in total. The number of carbonyl (C=O) groups is 2. The summed E-state index contributed by atoms with van der Waals surface area (Å²) >= 11 is 0. The molecule has 2 atom stereocenters. The number of primary amides is 1. The molecule has 33 heavy (non-hydrogen) atoms. The highest BCUT2D eigenvalue weighted by Gasteiger charge is 2.28. The van der Waals surface area contributed by atoms with Crippen LogP contribution >= 0.6 is 0 Å². The first-order chi connectivity index (χ1) is 15.5. The van der Waals surface area contributed by atoms with Crippen molar-refractivity contribution >= 4 is 17.5 Å². The van der Waals surface area contributed by atoms with Crippen molar-refractivity contribution in [2.75, 3.05) is 38.7 Å². The number of ether oxygens (including phenoxy) is 1. The van der Waals surface area contributed by atoms with Crippen molar-refractivity contribution in [1.29, 1.82) is 0 Å². The lowest BCUT2D eigenvalue weighted by Gasteiger charge is -2.28. The lowest BCUT2D eigenvalue weighted by atomic mass is 9.86. The van der Waals surface area contributed by atoms with Gasteiger partial charge in [0.1, 0.15) is 11.6 Å². The number of piperidine rings is 1. The summed E-state index contributed by atoms with van der Waals surface area (Å²) in [6.45, 7) is 15.3. The number of nitrogens with zero attached hydrogens (tertiary/aromatic N) is 2. The molecule has 1 aromatic heterocycles. The van der Waals surface area contributed by atoms with Crippen LogP contribution < -0.4 is 16.4 Å². The number of methoxy groups -OCH3 is 1. The number of hydrogen-bond acceptors (Lipinski definition) is 7. The molecule has 0 spiro atoms. The average molecular weight is 464 g/mol. The number of nitrogens with two attached hydrogens (primary N) is 1. The lowest BCUT2D eigenvalue weighted by Crippen LogP contribution is -2.42. The Morgan fingerprint density at radius 1 is 1.30 bits per heavy atom. The van der Waals surface area contributed by atoms with Crippen molar-refractivity contribution in [3.8, 4) is 0 Å². The number of Topliss-reactive ketones (excluding diaryl/α,β-unsaturated/α-hetero) is 1. The molecule has 4 N–H and O–H groups in total. The normalized spacial score (nSPS) is 18.4. The Labute approximate surface area is 199 Å². The molecule has 1 aliphatic rings. The quantitative estimate of drug-likeness (QED) is 0.358. The first-order valence-corrected chi connectivity index (χ1v) is 12.1. The zero-order chi connectivity index (χ0) is 25.0. The van der Waals surface area contributed by atoms with Gasteiger partial charge in [0, 0.05) is 44.8 Å². The molecule has 1 fully saturated rings. The van der Waals surface area contributed by atoms with E-state index in [1.54, 1.807) is 13.3 Å². The lowest BCUT2D eigenvalue weighted by molar-refractivity contribution is -0.122. The molecule has 0 bridgehead atoms. The molecule has 2 heterocycles. The maximum atomic E-state index is 13.0. The third kappa shape index (κ3) is 10.6. The summed E-state index contributed by atoms with van der Waals surface area (Å²) in [6, 6.07) is 0. The van der Waals surface area contributed by atoms with E-state index >= 15 is 0 Å². The number of amides is 1. The molecule has 0 aliphatic carbocycles. The molecule has 8 heteroatoms. The number of rotatable bonds is 10. The van der Waals surface area contributed by atoms with E-state index in [9.17, 15) is 9.59 Å². The van der Waals surface area contributed by atoms with Crippen LogP contribution in [0.5, 0.6) is 0 Å². The van der Waals surface area contributed by atoms with Crippen LogP contribution in [0.25, 0.3) is 0 Å². The van der Waals surface area contributed by atoms with Crippen LogP contribution in [-0.2, 0) is 14.9 Å². The van der Waals surface area contributed by atoms with Crippen LogP contribution in [0, 0.1) is 17.8 Å². The fraction of sp³-hybridized carbons (Fsp3) is 0.760. The Hall–Kier alpha value is -2.06. The van der Waals surface area contributed by atoms with E-state index in [1.807, 2.05) is 20.8 Å². The highest BCUT2D eigenvalue weighted by Crippen LogP contribution is 2.25. The van der Waals surface area contributed by atoms with Gasteiger partial charge in [-0.05, 0) is 31.2 Å². The van der Waals surface area contributed by atoms with Gasteiger partial charge in [0.2, 0.25) is 5.91 Å². The summed E-state index contributed by atoms with van der Waals surface area (Å²) < 4.78 is 5.08. The van der Waals surface area contributed by atoms with Gasteiger partial charge < -0.3 is 21.1 Å². The van der Waals surface area contributed by atoms with Crippen LogP contribution in [0.4, 0.5) is 5.82 Å². The van der Waals surface area contributed by atoms with Crippen molar-refractivity contribution in [1.82, 2.24) is 15.3 Å². The monoisotopic (exact) mass is 463 g/mol. The molecular weight excluding hydrogens is 418 g/mol. The third-order valence-corrected chi connectivity index (χ3v) is 5.71. The summed E-state index contributed by atoms with van der Waals surface area (Å²) in [7, 11) is 1.66. The van der Waals surface area contributed by atoms with Crippen LogP contribution in [0.2, 0.25) is 0 Å². The third-order valence-electron chi connectivity index (χ3n) is 5.71. The Kier molecular flexibility index (Phi) is 12.5. The van der Waals surface area contributed by atoms with Gasteiger partial charge in [-0.1, -0.05) is 48.0 Å². The fourth-order valence-corrected chi connectivity index (χ4v) is 3.28. The molecule has 0 aromatic carbocycles. The molecule has 1 amide bonds. The molecule has 188 valence electrons. The van der Waals surface area contributed by atoms with Gasteiger partial charge in [0.05, 0.1) is 11.5 Å². The molecule has 1 aliphatic heterocycles. The van der Waals surface area contributed by atoms with E-state index in [2.05, 4.69) is 41.4 Å². The Balaban J connectivity index is 0.000000981. The van der Waals surface area contributed by atoms with Crippen LogP contribution in [0.15, 0.2) is 6.20 Å². The zero-order valence-electron chi connectivity index (χ0n) is 21.7. The summed E-state index contributed by atoms with van der Waals surface area (Å²) in [5.41, 5.74) is 5.70. The topological polar surface area (TPSA) is 119 Å². The number of anilines is 1. The van der Waals surface area contributed by atoms with Gasteiger partial charge in [-0.15, -0.1) is 0 Å². The maximum absolute atomic E-state index is 13.0. The second kappa shape index (κ2) is 14.3. The number of hydrogen-bond donors (Lipinski definition) is 3. The predicted molar refractivity (Wildman–Crippen MR) is 133 cm³/mol. The summed E-state index contributed by atoms with van der Waals surface area (Å²) in [5.74, 6) is 1.65. The van der Waals surface area contributed by atoms with Gasteiger partial charge in [-0.2, -0.15) is 0 Å². The van der Waals surface area contributed by atoms with E-state index in [0.717, 1.165) is 12.3 Å². The van der Waals surface area contributed by atoms with Gasteiger partial charge in [0.25, 0.3) is 0 Å². The van der Waals surface area contributed by atoms with Crippen molar-refractivity contribution in [2.45, 2.75) is 72.6 Å². The minimum atomic E-state index is -0.317. The van der Waals surface area contributed by atoms with Gasteiger partial charge in [-0.25, -0.2) is 9.97 Å². The first kappa shape index (κ1) is 29.0. The minimum Gasteiger partial charge on any atom is -0.385 e. The number of aromatic nitrogens is 2. The first-order valence-electron chi connectivity index (χ1n) is 12.1. The summed E-state index contributed by atoms with van der Waals surface area (Å²) in [5, 5.41) is 6.47. The van der Waals surface area contributed by atoms with Gasteiger partial charge in [-0.3, -0.25) is 9.59 Å². The van der Waals surface area contributed by atoms with E-state index in [1.165, 1.54) is 6.42 Å². The van der Waals surface area contributed by atoms with E-state index in [-0.39, 0.29) is 28.9 Å². The Morgan fingerprint density at radius 3 is 2.52 bits per heavy atom. The maximum Gasteiger partial charge on any atom is 0.221 e. The molecule has 2 rings (SSSR count). The SMILES string of the molecule is CCC(C)C.COCCCNc1nc(C(C)(C)C)ncc1C(=O)CC1CNCC(C(N)=O)C1. The standard InChI is InChI=1S/C20H33N5O3.C5H12/c1-20(2,3)19-24-12-15(18(25-19)23-6-5-7-28-4)16(26)9-13-8-14(17(21)27)11-22-10-13;1-4-5(2)3/h12-14,22H,5-11H2,1-4H3,(H2,21,27)(H,23,24,25);5H,4H2,1-3H3. The summed E-state index contributed by atoms with van der Waals surface area (Å²) in [4.78, 5) is 33.5. The fourth-order valence-electron chi connectivity index (χ4n) is 3.28. The Bertz CT molecular complexity index is 746. The highest BCUT2D eigenvalue weighted by atomic mass is 16.5. The second-order valence-corrected chi connectivity index (χ2v) is 10.3. The van der Waals surface area contributed by atoms with Crippen molar-refractivity contribution in [2.24, 2.45) is 23.5 Å². The van der Waals surface area contributed by atoms with Crippen molar-refractivity contribution in [3.05, 3.63) is 17.6 Å². The van der Waals surface area contributed by atoms with E-state index in [4.69, 9.17) is 10.5 Å². The average Bonchev–Trinajstić information content (AvgIpc) is 2.76. The molecule has 1 aromatic rings. The smallest absolute Gasteiger partial charge is 0.221 e. The van der Waals surface area contributed by atoms with Gasteiger partial charge in [0.15, 0.2) is 5.78 Å². The van der Waals surface area contributed by atoms with E-state index in [0.29, 0.717) is 56.3 Å². The van der Waals surface area contributed by atoms with Gasteiger partial charge >= 0.3 is 0 Å². The van der Waals surface area contributed by atoms with Crippen LogP contribution in [0.1, 0.15) is 83.4 Å². The molecule has 2 unspecified atom stereocenters. The van der Waals surface area contributed by atoms with Crippen molar-refractivity contribution < 1.29 is 14.3 Å². The van der Waals surface area contributed by atoms with Crippen LogP contribution in [0.3, 0.4) is 0 Å². The van der Waals surface area contributed by atoms with Crippen LogP contribution in [-0.4, -0.2) is 55.0 Å². The molecular formula is C25H45N5O3. The highest BCUT2D eigenvalue weighted by molar-refractivity contribution is 6.00. The predicted octanol–water partition coefficient (Wildman–Crippen LogP) is 3.56. The summed E-state index contributed by atoms with van der Waals surface area (Å²) in [6.07, 6.45) is 4.70. The minimum absolute atomic E-state index is 0.0216. The molecule has 0 radical (unpaired) electrons. The number of ketones is 1. The molecule has 0 saturated carbocycles. The second-order valence-electron chi connectivity index (χ2n) is 10.3. The Morgan fingerprint density at radius 2 is 1.97 bits per heavy atom. The largest absolute Gasteiger partial charge is 0.385 e.